The van der Waals surface area contributed by atoms with E-state index in [0.717, 1.165) is 6.42 Å². The minimum absolute atomic E-state index is 0.244. The summed E-state index contributed by atoms with van der Waals surface area (Å²) in [5, 5.41) is 13.1. The molecule has 96 valence electrons. The summed E-state index contributed by atoms with van der Waals surface area (Å²) in [7, 11) is 0. The number of nitrogens with zero attached hydrogens (tertiary/aromatic N) is 1. The Morgan fingerprint density at radius 3 is 2.47 bits per heavy atom. The molecule has 3 atom stereocenters. The van der Waals surface area contributed by atoms with Crippen LogP contribution in [0.2, 0.25) is 0 Å². The van der Waals surface area contributed by atoms with Crippen molar-refractivity contribution in [3.63, 3.8) is 0 Å². The van der Waals surface area contributed by atoms with Gasteiger partial charge in [0.2, 0.25) is 0 Å². The first-order valence-electron chi connectivity index (χ1n) is 7.29. The molecule has 0 amide bonds. The lowest BCUT2D eigenvalue weighted by atomic mass is 9.85. The van der Waals surface area contributed by atoms with Crippen molar-refractivity contribution >= 4 is 0 Å². The molecule has 1 N–H and O–H groups in total. The maximum atomic E-state index is 9.30. The summed E-state index contributed by atoms with van der Waals surface area (Å²) in [4.78, 5) is 0. The van der Waals surface area contributed by atoms with Crippen LogP contribution in [0.25, 0.3) is 0 Å². The monoisotopic (exact) mass is 234 g/mol. The first-order valence-corrected chi connectivity index (χ1v) is 7.29. The van der Waals surface area contributed by atoms with Crippen LogP contribution in [0.5, 0.6) is 0 Å². The lowest BCUT2D eigenvalue weighted by Crippen LogP contribution is -2.46. The van der Waals surface area contributed by atoms with E-state index < -0.39 is 0 Å². The molecule has 2 heteroatoms. The molecule has 0 heterocycles. The van der Waals surface area contributed by atoms with E-state index in [1.165, 1.54) is 44.9 Å². The van der Waals surface area contributed by atoms with Crippen molar-refractivity contribution in [1.82, 2.24) is 5.32 Å². The van der Waals surface area contributed by atoms with E-state index in [9.17, 15) is 5.26 Å². The van der Waals surface area contributed by atoms with Gasteiger partial charge < -0.3 is 5.32 Å². The number of nitrogens with one attached hydrogen (secondary N) is 1. The molecule has 3 unspecified atom stereocenters. The van der Waals surface area contributed by atoms with Gasteiger partial charge in [0.1, 0.15) is 0 Å². The Bertz CT molecular complexity index is 290. The van der Waals surface area contributed by atoms with E-state index in [1.54, 1.807) is 0 Å². The quantitative estimate of drug-likeness (QED) is 0.741. The van der Waals surface area contributed by atoms with Crippen LogP contribution >= 0.6 is 0 Å². The van der Waals surface area contributed by atoms with Crippen molar-refractivity contribution < 1.29 is 0 Å². The van der Waals surface area contributed by atoms with Crippen LogP contribution in [0.1, 0.15) is 65.2 Å². The van der Waals surface area contributed by atoms with Gasteiger partial charge in [-0.15, -0.1) is 0 Å². The van der Waals surface area contributed by atoms with Gasteiger partial charge in [-0.3, -0.25) is 0 Å². The second kappa shape index (κ2) is 5.40. The molecule has 0 aliphatic heterocycles. The molecule has 0 radical (unpaired) electrons. The van der Waals surface area contributed by atoms with Crippen LogP contribution < -0.4 is 5.32 Å². The van der Waals surface area contributed by atoms with Gasteiger partial charge in [0.05, 0.1) is 12.0 Å². The van der Waals surface area contributed by atoms with Gasteiger partial charge in [-0.25, -0.2) is 0 Å². The van der Waals surface area contributed by atoms with Gasteiger partial charge in [-0.2, -0.15) is 5.26 Å². The zero-order chi connectivity index (χ0) is 12.3. The largest absolute Gasteiger partial charge is 0.309 e. The molecule has 0 saturated heterocycles. The number of hydrogen-bond donors (Lipinski definition) is 1. The summed E-state index contributed by atoms with van der Waals surface area (Å²) >= 11 is 0. The highest BCUT2D eigenvalue weighted by molar-refractivity contribution is 4.98. The Morgan fingerprint density at radius 1 is 1.06 bits per heavy atom. The smallest absolute Gasteiger partial charge is 0.0672 e. The number of nitriles is 1. The van der Waals surface area contributed by atoms with E-state index >= 15 is 0 Å². The minimum atomic E-state index is 0.244. The molecule has 0 bridgehead atoms. The molecule has 2 fully saturated rings. The molecule has 2 saturated carbocycles. The molecule has 2 nitrogen and oxygen atoms in total. The second-order valence-electron chi connectivity index (χ2n) is 6.58. The van der Waals surface area contributed by atoms with Gasteiger partial charge in [-0.1, -0.05) is 39.5 Å². The van der Waals surface area contributed by atoms with Crippen molar-refractivity contribution in [3.8, 4) is 6.07 Å². The van der Waals surface area contributed by atoms with Crippen LogP contribution in [0.4, 0.5) is 0 Å². The normalized spacial score (nSPS) is 37.4. The van der Waals surface area contributed by atoms with Crippen molar-refractivity contribution in [2.45, 2.75) is 77.3 Å². The Balaban J connectivity index is 1.98. The summed E-state index contributed by atoms with van der Waals surface area (Å²) < 4.78 is 0. The summed E-state index contributed by atoms with van der Waals surface area (Å²) in [5.41, 5.74) is 0.423. The van der Waals surface area contributed by atoms with E-state index in [1.807, 2.05) is 0 Å². The molecule has 0 aromatic heterocycles. The lowest BCUT2D eigenvalue weighted by Gasteiger charge is -2.33. The highest BCUT2D eigenvalue weighted by atomic mass is 15.0. The second-order valence-corrected chi connectivity index (χ2v) is 6.58. The molecular weight excluding hydrogens is 208 g/mol. The van der Waals surface area contributed by atoms with Crippen LogP contribution in [0, 0.1) is 22.7 Å². The van der Waals surface area contributed by atoms with Crippen LogP contribution in [-0.4, -0.2) is 12.1 Å². The summed E-state index contributed by atoms with van der Waals surface area (Å²) in [6, 6.07) is 3.61. The van der Waals surface area contributed by atoms with Crippen LogP contribution in [0.3, 0.4) is 0 Å². The Hall–Kier alpha value is -0.550. The van der Waals surface area contributed by atoms with Gasteiger partial charge in [0.15, 0.2) is 0 Å². The Labute approximate surface area is 106 Å². The summed E-state index contributed by atoms with van der Waals surface area (Å²) in [6.45, 7) is 4.74. The van der Waals surface area contributed by atoms with E-state index in [4.69, 9.17) is 0 Å². The van der Waals surface area contributed by atoms with Crippen molar-refractivity contribution in [2.75, 3.05) is 0 Å². The van der Waals surface area contributed by atoms with Gasteiger partial charge >= 0.3 is 0 Å². The number of hydrogen-bond acceptors (Lipinski definition) is 2. The fourth-order valence-electron chi connectivity index (χ4n) is 3.56. The molecule has 0 spiro atoms. The average molecular weight is 234 g/mol. The third kappa shape index (κ3) is 3.01. The highest BCUT2D eigenvalue weighted by Crippen LogP contribution is 2.38. The predicted octanol–water partition coefficient (Wildman–Crippen LogP) is 3.63. The molecule has 2 aliphatic rings. The van der Waals surface area contributed by atoms with Crippen molar-refractivity contribution in [3.05, 3.63) is 0 Å². The Morgan fingerprint density at radius 2 is 1.82 bits per heavy atom. The summed E-state index contributed by atoms with van der Waals surface area (Å²) in [6.07, 6.45) is 10.1. The SMILES string of the molecule is CC1(C)CCCC1NC1CCCCCC1C#N. The number of rotatable bonds is 2. The zero-order valence-electron chi connectivity index (χ0n) is 11.3. The molecule has 0 aromatic rings. The first kappa shape index (κ1) is 12.9. The molecule has 0 aromatic carbocycles. The highest BCUT2D eigenvalue weighted by Gasteiger charge is 2.37. The third-order valence-electron chi connectivity index (χ3n) is 4.85. The molecule has 2 rings (SSSR count). The van der Waals surface area contributed by atoms with Crippen molar-refractivity contribution in [1.29, 1.82) is 5.26 Å². The average Bonchev–Trinajstić information content (AvgIpc) is 2.52. The van der Waals surface area contributed by atoms with E-state index in [2.05, 4.69) is 25.2 Å². The van der Waals surface area contributed by atoms with E-state index in [-0.39, 0.29) is 5.92 Å². The third-order valence-corrected chi connectivity index (χ3v) is 4.85. The standard InChI is InChI=1S/C15H26N2/c1-15(2)10-6-9-14(15)17-13-8-5-3-4-7-12(13)11-16/h12-14,17H,3-10H2,1-2H3. The van der Waals surface area contributed by atoms with E-state index in [0.29, 0.717) is 17.5 Å². The molecule has 17 heavy (non-hydrogen) atoms. The minimum Gasteiger partial charge on any atom is -0.309 e. The molecule has 2 aliphatic carbocycles. The zero-order valence-corrected chi connectivity index (χ0v) is 11.3. The fraction of sp³-hybridized carbons (Fsp3) is 0.933. The van der Waals surface area contributed by atoms with Crippen molar-refractivity contribution in [2.24, 2.45) is 11.3 Å². The van der Waals surface area contributed by atoms with Crippen LogP contribution in [-0.2, 0) is 0 Å². The first-order chi connectivity index (χ1) is 8.13. The Kier molecular flexibility index (Phi) is 4.09. The van der Waals surface area contributed by atoms with Gasteiger partial charge in [0, 0.05) is 12.1 Å². The predicted molar refractivity (Wildman–Crippen MR) is 70.5 cm³/mol. The van der Waals surface area contributed by atoms with Gasteiger partial charge in [0.25, 0.3) is 0 Å². The fourth-order valence-corrected chi connectivity index (χ4v) is 3.56. The topological polar surface area (TPSA) is 35.8 Å². The van der Waals surface area contributed by atoms with Crippen LogP contribution in [0.15, 0.2) is 0 Å². The maximum Gasteiger partial charge on any atom is 0.0672 e. The van der Waals surface area contributed by atoms with Gasteiger partial charge in [-0.05, 0) is 31.1 Å². The summed E-state index contributed by atoms with van der Waals surface area (Å²) in [5.74, 6) is 0.244. The molecular formula is C15H26N2. The maximum absolute atomic E-state index is 9.30. The lowest BCUT2D eigenvalue weighted by molar-refractivity contribution is 0.238.